The van der Waals surface area contributed by atoms with Gasteiger partial charge in [-0.25, -0.2) is 49.8 Å². The quantitative estimate of drug-likeness (QED) is 0.0562. The van der Waals surface area contributed by atoms with Crippen molar-refractivity contribution < 1.29 is 67.2 Å². The summed E-state index contributed by atoms with van der Waals surface area (Å²) in [6.45, 7) is 37.2. The van der Waals surface area contributed by atoms with Gasteiger partial charge in [0.2, 0.25) is 26.4 Å². The molecule has 10 aliphatic heterocycles. The van der Waals surface area contributed by atoms with Crippen molar-refractivity contribution in [3.63, 3.8) is 0 Å². The van der Waals surface area contributed by atoms with E-state index in [9.17, 15) is 19.8 Å². The van der Waals surface area contributed by atoms with Crippen molar-refractivity contribution in [2.75, 3.05) is 156 Å². The van der Waals surface area contributed by atoms with E-state index < -0.39 is 39.7 Å². The van der Waals surface area contributed by atoms with Crippen LogP contribution in [0.2, 0.25) is 26.4 Å². The van der Waals surface area contributed by atoms with Crippen LogP contribution in [0, 0.1) is 0 Å². The lowest BCUT2D eigenvalue weighted by molar-refractivity contribution is -0.124. The van der Waals surface area contributed by atoms with Crippen molar-refractivity contribution in [2.45, 2.75) is 167 Å². The first-order chi connectivity index (χ1) is 49.5. The highest BCUT2D eigenvalue weighted by molar-refractivity contribution is 6.29. The van der Waals surface area contributed by atoms with Gasteiger partial charge >= 0.3 is 0 Å². The van der Waals surface area contributed by atoms with E-state index in [0.717, 1.165) is 157 Å². The number of morpholine rings is 5. The van der Waals surface area contributed by atoms with Crippen molar-refractivity contribution in [2.24, 2.45) is 0 Å². The number of Topliss-reactive ketones (excluding diaryl/α,β-unsaturated/α-hetero) is 1. The smallest absolute Gasteiger partial charge is 0.224 e. The van der Waals surface area contributed by atoms with Crippen LogP contribution in [0.15, 0.2) is 12.7 Å². The van der Waals surface area contributed by atoms with E-state index in [2.05, 4.69) is 80.9 Å². The Labute approximate surface area is 631 Å². The number of aliphatic hydroxyl groups is 2. The first-order valence-electron chi connectivity index (χ1n) is 35.2. The van der Waals surface area contributed by atoms with Gasteiger partial charge in [0.25, 0.3) is 0 Å². The van der Waals surface area contributed by atoms with Gasteiger partial charge in [-0.3, -0.25) is 4.79 Å². The van der Waals surface area contributed by atoms with E-state index in [1.807, 2.05) is 40.7 Å². The predicted octanol–water partition coefficient (Wildman–Crippen LogP) is 8.64. The molecule has 0 amide bonds. The average molecular weight is 1550 g/mol. The summed E-state index contributed by atoms with van der Waals surface area (Å²) in [6.07, 6.45) is 4.40. The Hall–Kier alpha value is -5.55. The zero-order valence-corrected chi connectivity index (χ0v) is 64.3. The number of fused-ring (bicyclic) bond motifs is 5. The van der Waals surface area contributed by atoms with Gasteiger partial charge in [-0.05, 0) is 127 Å². The molecular weight excluding hydrogens is 1450 g/mol. The Bertz CT molecular complexity index is 3790. The van der Waals surface area contributed by atoms with Gasteiger partial charge < -0.3 is 86.9 Å². The van der Waals surface area contributed by atoms with Crippen LogP contribution < -0.4 is 24.5 Å². The highest BCUT2D eigenvalue weighted by Gasteiger charge is 2.47. The molecule has 0 bridgehead atoms. The van der Waals surface area contributed by atoms with Crippen molar-refractivity contribution in [1.29, 1.82) is 0 Å². The molecule has 5 aromatic rings. The molecule has 34 heteroatoms. The molecule has 15 rings (SSSR count). The molecule has 6 unspecified atom stereocenters. The number of ether oxygens (including phenoxy) is 10. The Morgan fingerprint density at radius 2 is 0.702 bits per heavy atom. The van der Waals surface area contributed by atoms with Gasteiger partial charge in [-0.15, -0.1) is 6.58 Å². The molecule has 5 aromatic heterocycles. The normalized spacial score (nSPS) is 25.7. The number of rotatable bonds is 15. The maximum absolute atomic E-state index is 11.5. The lowest BCUT2D eigenvalue weighted by atomic mass is 9.88. The summed E-state index contributed by atoms with van der Waals surface area (Å²) < 4.78 is 56.4. The minimum atomic E-state index is -0.854. The summed E-state index contributed by atoms with van der Waals surface area (Å²) in [6, 6.07) is 0. The second kappa shape index (κ2) is 33.9. The van der Waals surface area contributed by atoms with Gasteiger partial charge in [0.1, 0.15) is 69.2 Å². The highest BCUT2D eigenvalue weighted by atomic mass is 35.5. The van der Waals surface area contributed by atoms with Crippen LogP contribution in [0.4, 0.5) is 29.1 Å². The van der Waals surface area contributed by atoms with Crippen LogP contribution in [-0.4, -0.2) is 215 Å². The number of nitrogens with zero attached hydrogens (tertiary/aromatic N) is 15. The molecule has 5 saturated heterocycles. The van der Waals surface area contributed by atoms with Crippen molar-refractivity contribution in [3.8, 4) is 0 Å². The number of hydrogen-bond donors (Lipinski definition) is 2. The Morgan fingerprint density at radius 3 is 0.971 bits per heavy atom. The van der Waals surface area contributed by atoms with E-state index in [1.165, 1.54) is 0 Å². The third-order valence-corrected chi connectivity index (χ3v) is 20.4. The average Bonchev–Trinajstić information content (AvgIpc) is 1.70. The third kappa shape index (κ3) is 18.4. The second-order valence-electron chi connectivity index (χ2n) is 28.6. The zero-order valence-electron chi connectivity index (χ0n) is 60.5. The van der Waals surface area contributed by atoms with Gasteiger partial charge in [0.05, 0.1) is 139 Å². The van der Waals surface area contributed by atoms with Crippen molar-refractivity contribution in [3.05, 3.63) is 95.4 Å². The van der Waals surface area contributed by atoms with E-state index in [4.69, 9.17) is 105 Å². The number of aldehydes is 1. The van der Waals surface area contributed by atoms with E-state index in [1.54, 1.807) is 27.7 Å². The standard InChI is InChI=1S/C15H22ClN3O3.C14H20ClN3O3.C14H18ClN3O3.C14H18ClN3O2.C13H16ClN3O3/c1-14(2,20)9-15(3)11-10(8-22-15)12(18-13(16)17-11)19-4-6-21-7-5-19;2*1-9(19)7-14(2)11-10(8-21-14)12(17-13(15)16-11)18-3-5-20-6-4-18;1-3-4-14(2)11-10(9-20-14)12(17-13(15)16-11)18-5-7-19-8-6-18;1-13(2-5-18)10-9(8-20-13)11(16-12(14)15-10)17-3-6-19-7-4-17/h20H,4-9H2,1-3H3;9,19H,3-8H2,1-2H3;3-8H2,1-2H3;3H,1,4-9H2,2H3;5H,2-4,6-8H2,1H3. The Balaban J connectivity index is 0.000000130. The molecule has 0 aliphatic carbocycles. The molecule has 10 aliphatic rings. The number of aromatic nitrogens is 10. The number of ketones is 1. The molecule has 15 heterocycles. The highest BCUT2D eigenvalue weighted by Crippen LogP contribution is 2.48. The Kier molecular flexibility index (Phi) is 25.9. The van der Waals surface area contributed by atoms with Gasteiger partial charge in [0.15, 0.2) is 0 Å². The fraction of sp³-hybridized carbons (Fsp3) is 0.657. The molecule has 29 nitrogen and oxygen atoms in total. The third-order valence-electron chi connectivity index (χ3n) is 19.6. The Morgan fingerprint density at radius 1 is 0.452 bits per heavy atom. The van der Waals surface area contributed by atoms with Gasteiger partial charge in [-0.2, -0.15) is 0 Å². The largest absolute Gasteiger partial charge is 0.393 e. The number of halogens is 5. The molecule has 0 saturated carbocycles. The lowest BCUT2D eigenvalue weighted by Crippen LogP contribution is -2.38. The molecular formula is C70H94Cl5N15O14. The molecule has 0 aromatic carbocycles. The SMILES string of the molecule is C=CCC1(C)OCc2c(N3CCOCC3)nc(Cl)nc21.CC(=O)CC1(C)OCc2c(N3CCOCC3)nc(Cl)nc21.CC(C)(O)CC1(C)OCc2c(N3CCOCC3)nc(Cl)nc21.CC(O)CC1(C)OCc2c(N3CCOCC3)nc(Cl)nc21.CC1(CC=O)OCc2c(N3CCOCC3)nc(Cl)nc21. The summed E-state index contributed by atoms with van der Waals surface area (Å²) in [5.41, 5.74) is 4.80. The molecule has 5 fully saturated rings. The van der Waals surface area contributed by atoms with Crippen LogP contribution in [0.1, 0.15) is 151 Å². The van der Waals surface area contributed by atoms with E-state index in [-0.39, 0.29) is 45.0 Å². The fourth-order valence-corrected chi connectivity index (χ4v) is 15.6. The summed E-state index contributed by atoms with van der Waals surface area (Å²) in [7, 11) is 0. The van der Waals surface area contributed by atoms with E-state index in [0.29, 0.717) is 118 Å². The summed E-state index contributed by atoms with van der Waals surface area (Å²) in [4.78, 5) is 76.9. The first-order valence-corrected chi connectivity index (χ1v) is 37.1. The van der Waals surface area contributed by atoms with Crippen LogP contribution in [0.25, 0.3) is 0 Å². The first kappa shape index (κ1) is 79.5. The number of carbonyl (C=O) groups excluding carboxylic acids is 2. The maximum atomic E-state index is 11.5. The van der Waals surface area contributed by atoms with Crippen LogP contribution in [0.3, 0.4) is 0 Å². The lowest BCUT2D eigenvalue weighted by Gasteiger charge is -2.31. The molecule has 6 atom stereocenters. The van der Waals surface area contributed by atoms with Crippen LogP contribution >= 0.6 is 58.0 Å². The molecule has 0 spiro atoms. The molecule has 0 radical (unpaired) electrons. The predicted molar refractivity (Wildman–Crippen MR) is 389 cm³/mol. The minimum absolute atomic E-state index is 0.0630. The topological polar surface area (TPSA) is 312 Å². The summed E-state index contributed by atoms with van der Waals surface area (Å²) in [5.74, 6) is 4.22. The number of hydrogen-bond acceptors (Lipinski definition) is 29. The molecule has 104 heavy (non-hydrogen) atoms. The molecule has 568 valence electrons. The van der Waals surface area contributed by atoms with Crippen molar-refractivity contribution in [1.82, 2.24) is 49.8 Å². The summed E-state index contributed by atoms with van der Waals surface area (Å²) >= 11 is 30.5. The summed E-state index contributed by atoms with van der Waals surface area (Å²) in [5, 5.41) is 21.0. The van der Waals surface area contributed by atoms with E-state index >= 15 is 0 Å². The zero-order chi connectivity index (χ0) is 74.4. The fourth-order valence-electron chi connectivity index (χ4n) is 14.8. The minimum Gasteiger partial charge on any atom is -0.393 e. The second-order valence-corrected chi connectivity index (χ2v) is 30.3. The van der Waals surface area contributed by atoms with Crippen molar-refractivity contribution >= 4 is 99.2 Å². The van der Waals surface area contributed by atoms with Gasteiger partial charge in [-0.1, -0.05) is 6.08 Å². The van der Waals surface area contributed by atoms with Crippen LogP contribution in [0.5, 0.6) is 0 Å². The monoisotopic (exact) mass is 1540 g/mol. The number of anilines is 5. The van der Waals surface area contributed by atoms with Gasteiger partial charge in [0, 0.05) is 119 Å². The maximum Gasteiger partial charge on any atom is 0.224 e. The number of carbonyl (C=O) groups is 2. The van der Waals surface area contributed by atoms with Crippen LogP contribution in [-0.2, 0) is 118 Å². The number of aliphatic hydroxyl groups excluding tert-OH is 1. The molecule has 2 N–H and O–H groups in total.